The molecule has 80 valence electrons. The van der Waals surface area contributed by atoms with Crippen LogP contribution in [0.15, 0.2) is 41.1 Å². The van der Waals surface area contributed by atoms with E-state index >= 15 is 0 Å². The summed E-state index contributed by atoms with van der Waals surface area (Å²) in [4.78, 5) is 1.26. The van der Waals surface area contributed by atoms with Gasteiger partial charge < -0.3 is 5.73 Å². The van der Waals surface area contributed by atoms with Crippen LogP contribution in [-0.4, -0.2) is 0 Å². The average Bonchev–Trinajstić information content (AvgIpc) is 2.96. The summed E-state index contributed by atoms with van der Waals surface area (Å²) in [5.74, 6) is 0. The molecule has 0 saturated carbocycles. The molecule has 0 spiro atoms. The van der Waals surface area contributed by atoms with Gasteiger partial charge in [-0.25, -0.2) is 0 Å². The van der Waals surface area contributed by atoms with Crippen LogP contribution in [0.2, 0.25) is 0 Å². The van der Waals surface area contributed by atoms with Crippen LogP contribution >= 0.6 is 22.7 Å². The molecule has 1 nitrogen and oxygen atoms in total. The largest absolute Gasteiger partial charge is 0.326 e. The van der Waals surface area contributed by atoms with Gasteiger partial charge in [0, 0.05) is 21.7 Å². The van der Waals surface area contributed by atoms with Gasteiger partial charge in [-0.05, 0) is 33.8 Å². The number of fused-ring (bicyclic) bond motifs is 1. The van der Waals surface area contributed by atoms with Crippen molar-refractivity contribution in [3.63, 3.8) is 0 Å². The molecule has 0 unspecified atom stereocenters. The third-order valence-electron chi connectivity index (χ3n) is 2.70. The van der Waals surface area contributed by atoms with Crippen LogP contribution in [-0.2, 0) is 6.54 Å². The van der Waals surface area contributed by atoms with E-state index in [4.69, 9.17) is 5.73 Å². The summed E-state index contributed by atoms with van der Waals surface area (Å²) < 4.78 is 1.36. The highest BCUT2D eigenvalue weighted by Crippen LogP contribution is 2.36. The molecule has 0 aliphatic heterocycles. The zero-order valence-corrected chi connectivity index (χ0v) is 10.3. The average molecular weight is 245 g/mol. The summed E-state index contributed by atoms with van der Waals surface area (Å²) in [7, 11) is 0. The van der Waals surface area contributed by atoms with E-state index in [-0.39, 0.29) is 0 Å². The Morgan fingerprint density at radius 1 is 0.938 bits per heavy atom. The Bertz CT molecular complexity index is 621. The molecule has 0 amide bonds. The number of rotatable bonds is 2. The van der Waals surface area contributed by atoms with Gasteiger partial charge in [-0.2, -0.15) is 0 Å². The first-order valence-electron chi connectivity index (χ1n) is 5.13. The predicted octanol–water partition coefficient (Wildman–Crippen LogP) is 4.09. The van der Waals surface area contributed by atoms with Crippen LogP contribution in [0.4, 0.5) is 0 Å². The van der Waals surface area contributed by atoms with Gasteiger partial charge in [0.15, 0.2) is 0 Å². The summed E-state index contributed by atoms with van der Waals surface area (Å²) in [5, 5.41) is 5.57. The zero-order chi connectivity index (χ0) is 11.0. The lowest BCUT2D eigenvalue weighted by Gasteiger charge is -2.03. The zero-order valence-electron chi connectivity index (χ0n) is 8.64. The molecule has 2 N–H and O–H groups in total. The van der Waals surface area contributed by atoms with Gasteiger partial charge in [0.05, 0.1) is 0 Å². The molecule has 0 saturated heterocycles. The molecule has 1 aromatic carbocycles. The van der Waals surface area contributed by atoms with Gasteiger partial charge in [-0.3, -0.25) is 0 Å². The fourth-order valence-corrected chi connectivity index (χ4v) is 3.64. The SMILES string of the molecule is NCc1sccc1-c1cccc2ccsc12. The molecule has 0 fully saturated rings. The second-order valence-corrected chi connectivity index (χ2v) is 5.52. The van der Waals surface area contributed by atoms with Crippen molar-refractivity contribution in [1.82, 2.24) is 0 Å². The van der Waals surface area contributed by atoms with Crippen LogP contribution in [0.3, 0.4) is 0 Å². The Hall–Kier alpha value is -1.16. The Labute approximate surface area is 102 Å². The maximum atomic E-state index is 5.77. The molecule has 2 aromatic heterocycles. The van der Waals surface area contributed by atoms with Crippen molar-refractivity contribution in [3.8, 4) is 11.1 Å². The van der Waals surface area contributed by atoms with Crippen molar-refractivity contribution < 1.29 is 0 Å². The summed E-state index contributed by atoms with van der Waals surface area (Å²) >= 11 is 3.53. The van der Waals surface area contributed by atoms with E-state index in [0.717, 1.165) is 0 Å². The molecule has 2 heterocycles. The van der Waals surface area contributed by atoms with Gasteiger partial charge >= 0.3 is 0 Å². The van der Waals surface area contributed by atoms with Crippen LogP contribution in [0.1, 0.15) is 4.88 Å². The lowest BCUT2D eigenvalue weighted by Crippen LogP contribution is -1.94. The summed E-state index contributed by atoms with van der Waals surface area (Å²) in [5.41, 5.74) is 8.37. The number of hydrogen-bond donors (Lipinski definition) is 1. The first-order chi connectivity index (χ1) is 7.90. The quantitative estimate of drug-likeness (QED) is 0.723. The molecule has 0 atom stereocenters. The van der Waals surface area contributed by atoms with Crippen molar-refractivity contribution in [2.45, 2.75) is 6.54 Å². The lowest BCUT2D eigenvalue weighted by molar-refractivity contribution is 1.11. The Kier molecular flexibility index (Phi) is 2.52. The minimum Gasteiger partial charge on any atom is -0.326 e. The van der Waals surface area contributed by atoms with Crippen LogP contribution in [0, 0.1) is 0 Å². The van der Waals surface area contributed by atoms with Crippen molar-refractivity contribution in [1.29, 1.82) is 0 Å². The molecule has 0 radical (unpaired) electrons. The van der Waals surface area contributed by atoms with E-state index in [1.165, 1.54) is 26.1 Å². The lowest BCUT2D eigenvalue weighted by atomic mass is 10.1. The monoisotopic (exact) mass is 245 g/mol. The molecule has 3 heteroatoms. The number of hydrogen-bond acceptors (Lipinski definition) is 3. The summed E-state index contributed by atoms with van der Waals surface area (Å²) in [6, 6.07) is 10.8. The van der Waals surface area contributed by atoms with E-state index in [1.807, 2.05) is 0 Å². The van der Waals surface area contributed by atoms with Crippen molar-refractivity contribution in [2.75, 3.05) is 0 Å². The maximum Gasteiger partial charge on any atom is 0.0421 e. The van der Waals surface area contributed by atoms with Crippen molar-refractivity contribution in [2.24, 2.45) is 5.73 Å². The molecule has 0 aliphatic carbocycles. The number of thiophene rings is 2. The third kappa shape index (κ3) is 1.48. The van der Waals surface area contributed by atoms with Crippen LogP contribution < -0.4 is 5.73 Å². The van der Waals surface area contributed by atoms with Gasteiger partial charge in [-0.1, -0.05) is 18.2 Å². The smallest absolute Gasteiger partial charge is 0.0421 e. The topological polar surface area (TPSA) is 26.0 Å². The Morgan fingerprint density at radius 2 is 1.81 bits per heavy atom. The molecular formula is C13H11NS2. The normalized spacial score (nSPS) is 11.1. The fraction of sp³-hybridized carbons (Fsp3) is 0.0769. The fourth-order valence-electron chi connectivity index (χ4n) is 1.94. The minimum absolute atomic E-state index is 0.620. The van der Waals surface area contributed by atoms with E-state index in [2.05, 4.69) is 41.1 Å². The first-order valence-corrected chi connectivity index (χ1v) is 6.89. The number of benzene rings is 1. The van der Waals surface area contributed by atoms with Gasteiger partial charge in [0.25, 0.3) is 0 Å². The van der Waals surface area contributed by atoms with E-state index in [0.29, 0.717) is 6.54 Å². The molecule has 3 aromatic rings. The van der Waals surface area contributed by atoms with Crippen LogP contribution in [0.25, 0.3) is 21.2 Å². The predicted molar refractivity (Wildman–Crippen MR) is 73.0 cm³/mol. The molecular weight excluding hydrogens is 234 g/mol. The van der Waals surface area contributed by atoms with E-state index in [9.17, 15) is 0 Å². The Morgan fingerprint density at radius 3 is 2.69 bits per heavy atom. The molecule has 3 rings (SSSR count). The highest BCUT2D eigenvalue weighted by atomic mass is 32.1. The summed E-state index contributed by atoms with van der Waals surface area (Å²) in [6.07, 6.45) is 0. The summed E-state index contributed by atoms with van der Waals surface area (Å²) in [6.45, 7) is 0.620. The molecule has 16 heavy (non-hydrogen) atoms. The van der Waals surface area contributed by atoms with Crippen molar-refractivity contribution >= 4 is 32.8 Å². The Balaban J connectivity index is 2.29. The third-order valence-corrected chi connectivity index (χ3v) is 4.61. The van der Waals surface area contributed by atoms with Gasteiger partial charge in [-0.15, -0.1) is 22.7 Å². The maximum absolute atomic E-state index is 5.77. The highest BCUT2D eigenvalue weighted by Gasteiger charge is 2.09. The van der Waals surface area contributed by atoms with Crippen molar-refractivity contribution in [3.05, 3.63) is 46.0 Å². The second-order valence-electron chi connectivity index (χ2n) is 3.61. The minimum atomic E-state index is 0.620. The highest BCUT2D eigenvalue weighted by molar-refractivity contribution is 7.17. The van der Waals surface area contributed by atoms with Gasteiger partial charge in [0.1, 0.15) is 0 Å². The van der Waals surface area contributed by atoms with Crippen LogP contribution in [0.5, 0.6) is 0 Å². The van der Waals surface area contributed by atoms with E-state index < -0.39 is 0 Å². The second kappa shape index (κ2) is 4.01. The molecule has 0 aliphatic rings. The first kappa shape index (κ1) is 10.0. The standard InChI is InChI=1S/C13H11NS2/c14-8-12-10(5-7-15-12)11-3-1-2-9-4-6-16-13(9)11/h1-7H,8,14H2. The number of nitrogens with two attached hydrogens (primary N) is 1. The van der Waals surface area contributed by atoms with E-state index in [1.54, 1.807) is 22.7 Å². The molecule has 0 bridgehead atoms. The van der Waals surface area contributed by atoms with Gasteiger partial charge in [0.2, 0.25) is 0 Å².